The Morgan fingerprint density at radius 1 is 1.00 bits per heavy atom. The first-order valence-corrected chi connectivity index (χ1v) is 8.06. The summed E-state index contributed by atoms with van der Waals surface area (Å²) in [5.74, 6) is 0.292. The van der Waals surface area contributed by atoms with E-state index in [1.807, 2.05) is 31.2 Å². The molecule has 0 atom stereocenters. The standard InChI is InChI=1S/C19H16N4O2/c1-12-3-2-4-13(9-12)22-19-15-10-14(5-6-16(15)20-11-21-19)23-17(24)7-8-18(23)25/h2-6,9-11H,7-8H2,1H3,(H,20,21,22). The van der Waals surface area contributed by atoms with Crippen LogP contribution in [0.3, 0.4) is 0 Å². The average molecular weight is 332 g/mol. The van der Waals surface area contributed by atoms with Gasteiger partial charge >= 0.3 is 0 Å². The summed E-state index contributed by atoms with van der Waals surface area (Å²) in [6.07, 6.45) is 2.01. The number of carbonyl (C=O) groups excluding carboxylic acids is 2. The number of benzene rings is 2. The molecule has 0 saturated carbocycles. The molecule has 6 heteroatoms. The van der Waals surface area contributed by atoms with Gasteiger partial charge in [-0.1, -0.05) is 12.1 Å². The van der Waals surface area contributed by atoms with E-state index in [0.717, 1.165) is 22.2 Å². The zero-order valence-electron chi connectivity index (χ0n) is 13.7. The van der Waals surface area contributed by atoms with Crippen LogP contribution in [0.2, 0.25) is 0 Å². The van der Waals surface area contributed by atoms with E-state index in [2.05, 4.69) is 15.3 Å². The molecule has 0 aliphatic carbocycles. The van der Waals surface area contributed by atoms with Gasteiger partial charge in [0.25, 0.3) is 0 Å². The summed E-state index contributed by atoms with van der Waals surface area (Å²) in [5.41, 5.74) is 3.35. The summed E-state index contributed by atoms with van der Waals surface area (Å²) in [7, 11) is 0. The number of anilines is 3. The van der Waals surface area contributed by atoms with E-state index >= 15 is 0 Å². The molecule has 0 unspecified atom stereocenters. The molecule has 1 saturated heterocycles. The lowest BCUT2D eigenvalue weighted by Crippen LogP contribution is -2.28. The minimum Gasteiger partial charge on any atom is -0.340 e. The molecule has 124 valence electrons. The number of nitrogens with one attached hydrogen (secondary N) is 1. The van der Waals surface area contributed by atoms with Gasteiger partial charge in [0.2, 0.25) is 11.8 Å². The van der Waals surface area contributed by atoms with Gasteiger partial charge in [0.1, 0.15) is 12.1 Å². The molecule has 2 aromatic carbocycles. The molecule has 25 heavy (non-hydrogen) atoms. The highest BCUT2D eigenvalue weighted by molar-refractivity contribution is 6.20. The molecule has 1 aromatic heterocycles. The van der Waals surface area contributed by atoms with Crippen molar-refractivity contribution in [2.24, 2.45) is 0 Å². The second-order valence-corrected chi connectivity index (χ2v) is 6.04. The number of carbonyl (C=O) groups is 2. The second kappa shape index (κ2) is 5.98. The number of imide groups is 1. The minimum absolute atomic E-state index is 0.172. The Kier molecular flexibility index (Phi) is 3.65. The van der Waals surface area contributed by atoms with E-state index in [-0.39, 0.29) is 24.7 Å². The highest BCUT2D eigenvalue weighted by atomic mass is 16.2. The fraction of sp³-hybridized carbons (Fsp3) is 0.158. The van der Waals surface area contributed by atoms with E-state index < -0.39 is 0 Å². The third kappa shape index (κ3) is 2.82. The SMILES string of the molecule is Cc1cccc(Nc2ncnc3ccc(N4C(=O)CCC4=O)cc23)c1. The largest absolute Gasteiger partial charge is 0.340 e. The summed E-state index contributed by atoms with van der Waals surface area (Å²) in [6, 6.07) is 13.3. The van der Waals surface area contributed by atoms with Gasteiger partial charge in [-0.25, -0.2) is 9.97 Å². The summed E-state index contributed by atoms with van der Waals surface area (Å²) in [5, 5.41) is 4.05. The monoisotopic (exact) mass is 332 g/mol. The molecule has 6 nitrogen and oxygen atoms in total. The topological polar surface area (TPSA) is 75.2 Å². The molecule has 2 heterocycles. The Balaban J connectivity index is 1.78. The van der Waals surface area contributed by atoms with Crippen molar-refractivity contribution in [3.8, 4) is 0 Å². The number of nitrogens with zero attached hydrogens (tertiary/aromatic N) is 3. The number of aryl methyl sites for hydroxylation is 1. The van der Waals surface area contributed by atoms with Crippen molar-refractivity contribution in [3.63, 3.8) is 0 Å². The molecule has 2 amide bonds. The van der Waals surface area contributed by atoms with Crippen LogP contribution in [0.4, 0.5) is 17.2 Å². The quantitative estimate of drug-likeness (QED) is 0.745. The Bertz CT molecular complexity index is 984. The van der Waals surface area contributed by atoms with Crippen molar-refractivity contribution in [3.05, 3.63) is 54.4 Å². The fourth-order valence-corrected chi connectivity index (χ4v) is 3.01. The lowest BCUT2D eigenvalue weighted by atomic mass is 10.2. The van der Waals surface area contributed by atoms with Crippen LogP contribution in [0.5, 0.6) is 0 Å². The minimum atomic E-state index is -0.172. The van der Waals surface area contributed by atoms with Crippen LogP contribution >= 0.6 is 0 Å². The van der Waals surface area contributed by atoms with Crippen LogP contribution in [0.25, 0.3) is 10.9 Å². The zero-order valence-corrected chi connectivity index (χ0v) is 13.7. The van der Waals surface area contributed by atoms with E-state index in [4.69, 9.17) is 0 Å². The van der Waals surface area contributed by atoms with Gasteiger partial charge in [0.05, 0.1) is 11.2 Å². The van der Waals surface area contributed by atoms with E-state index in [0.29, 0.717) is 11.5 Å². The van der Waals surface area contributed by atoms with Crippen molar-refractivity contribution in [2.75, 3.05) is 10.2 Å². The van der Waals surface area contributed by atoms with Crippen molar-refractivity contribution in [2.45, 2.75) is 19.8 Å². The van der Waals surface area contributed by atoms with Crippen LogP contribution in [-0.2, 0) is 9.59 Å². The highest BCUT2D eigenvalue weighted by Gasteiger charge is 2.30. The maximum Gasteiger partial charge on any atom is 0.234 e. The summed E-state index contributed by atoms with van der Waals surface area (Å²) in [6.45, 7) is 2.02. The van der Waals surface area contributed by atoms with Crippen molar-refractivity contribution in [1.82, 2.24) is 9.97 Å². The number of rotatable bonds is 3. The first-order chi connectivity index (χ1) is 12.1. The molecule has 1 aliphatic heterocycles. The Morgan fingerprint density at radius 2 is 1.80 bits per heavy atom. The van der Waals surface area contributed by atoms with Crippen LogP contribution in [0.15, 0.2) is 48.8 Å². The molecule has 1 N–H and O–H groups in total. The first-order valence-electron chi connectivity index (χ1n) is 8.06. The lowest BCUT2D eigenvalue weighted by molar-refractivity contribution is -0.121. The van der Waals surface area contributed by atoms with Gasteiger partial charge < -0.3 is 5.32 Å². The van der Waals surface area contributed by atoms with Gasteiger partial charge in [-0.3, -0.25) is 14.5 Å². The molecule has 0 spiro atoms. The Hall–Kier alpha value is -3.28. The summed E-state index contributed by atoms with van der Waals surface area (Å²) in [4.78, 5) is 33.8. The normalized spacial score (nSPS) is 14.4. The van der Waals surface area contributed by atoms with Gasteiger partial charge in [0, 0.05) is 23.9 Å². The Morgan fingerprint density at radius 3 is 2.56 bits per heavy atom. The number of hydrogen-bond acceptors (Lipinski definition) is 5. The average Bonchev–Trinajstić information content (AvgIpc) is 2.94. The first kappa shape index (κ1) is 15.3. The maximum absolute atomic E-state index is 12.0. The summed E-state index contributed by atoms with van der Waals surface area (Å²) >= 11 is 0. The fourth-order valence-electron chi connectivity index (χ4n) is 3.01. The van der Waals surface area contributed by atoms with Gasteiger partial charge in [-0.2, -0.15) is 0 Å². The van der Waals surface area contributed by atoms with Gasteiger partial charge in [0.15, 0.2) is 0 Å². The van der Waals surface area contributed by atoms with Crippen LogP contribution in [-0.4, -0.2) is 21.8 Å². The number of amides is 2. The van der Waals surface area contributed by atoms with Crippen LogP contribution in [0, 0.1) is 6.92 Å². The molecule has 0 radical (unpaired) electrons. The van der Waals surface area contributed by atoms with Gasteiger partial charge in [-0.15, -0.1) is 0 Å². The second-order valence-electron chi connectivity index (χ2n) is 6.04. The van der Waals surface area contributed by atoms with Crippen molar-refractivity contribution in [1.29, 1.82) is 0 Å². The third-order valence-electron chi connectivity index (χ3n) is 4.21. The predicted octanol–water partition coefficient (Wildman–Crippen LogP) is 3.34. The highest BCUT2D eigenvalue weighted by Crippen LogP contribution is 2.30. The maximum atomic E-state index is 12.0. The predicted molar refractivity (Wildman–Crippen MR) is 95.7 cm³/mol. The molecule has 3 aromatic rings. The van der Waals surface area contributed by atoms with Crippen molar-refractivity contribution < 1.29 is 9.59 Å². The van der Waals surface area contributed by atoms with Crippen molar-refractivity contribution >= 4 is 39.9 Å². The van der Waals surface area contributed by atoms with E-state index in [1.165, 1.54) is 11.2 Å². The van der Waals surface area contributed by atoms with E-state index in [1.54, 1.807) is 18.2 Å². The third-order valence-corrected chi connectivity index (χ3v) is 4.21. The lowest BCUT2D eigenvalue weighted by Gasteiger charge is -2.15. The molecule has 0 bridgehead atoms. The number of hydrogen-bond donors (Lipinski definition) is 1. The smallest absolute Gasteiger partial charge is 0.234 e. The molecule has 1 aliphatic rings. The zero-order chi connectivity index (χ0) is 17.4. The molecule has 1 fully saturated rings. The van der Waals surface area contributed by atoms with Crippen LogP contribution < -0.4 is 10.2 Å². The number of aromatic nitrogens is 2. The van der Waals surface area contributed by atoms with Crippen LogP contribution in [0.1, 0.15) is 18.4 Å². The van der Waals surface area contributed by atoms with Gasteiger partial charge in [-0.05, 0) is 42.8 Å². The molecular formula is C19H16N4O2. The summed E-state index contributed by atoms with van der Waals surface area (Å²) < 4.78 is 0. The number of fused-ring (bicyclic) bond motifs is 1. The van der Waals surface area contributed by atoms with E-state index in [9.17, 15) is 9.59 Å². The Labute approximate surface area is 144 Å². The molecule has 4 rings (SSSR count). The molecular weight excluding hydrogens is 316 g/mol.